The highest BCUT2D eigenvalue weighted by Crippen LogP contribution is 2.24. The lowest BCUT2D eigenvalue weighted by atomic mass is 9.94. The summed E-state index contributed by atoms with van der Waals surface area (Å²) in [5.41, 5.74) is 11.0. The van der Waals surface area contributed by atoms with Crippen molar-refractivity contribution in [2.24, 2.45) is 5.73 Å². The normalized spacial score (nSPS) is 12.1. The fraction of sp³-hybridized carbons (Fsp3) is 0.394. The summed E-state index contributed by atoms with van der Waals surface area (Å²) in [6, 6.07) is 15.4. The molecule has 3 amide bonds. The van der Waals surface area contributed by atoms with Gasteiger partial charge in [0.05, 0.1) is 25.7 Å². The second-order valence-electron chi connectivity index (χ2n) is 10.5. The molecule has 0 saturated carbocycles. The maximum atomic E-state index is 13.6. The standard InChI is InChI=1S/C33H44N6O4/c1-4-25(27-11-6-5-10-24(27)2)20-30(35-3)33(43)39(16-9-15-34)23-31(41)37-22-32(42)38(18-19-40)17-14-26-21-36-29-13-8-7-12-28(26)29/h4-8,10-13,19,21,30,35-36H,9,14-18,20,22-23,34H2,1-3H3,(H,37,41)/b25-4-. The maximum absolute atomic E-state index is 13.6. The van der Waals surface area contributed by atoms with Crippen LogP contribution in [-0.4, -0.2) is 91.1 Å². The van der Waals surface area contributed by atoms with E-state index in [0.29, 0.717) is 45.2 Å². The third-order valence-electron chi connectivity index (χ3n) is 7.60. The molecule has 1 atom stereocenters. The SMILES string of the molecule is C/C=C(/CC(NC)C(=O)N(CCCN)CC(=O)NCC(=O)N(CC=O)CCc1c[nH]c2ccccc12)c1ccccc1C. The first-order valence-corrected chi connectivity index (χ1v) is 14.7. The fourth-order valence-electron chi connectivity index (χ4n) is 5.14. The summed E-state index contributed by atoms with van der Waals surface area (Å²) in [6.07, 6.45) is 6.13. The number of hydrogen-bond acceptors (Lipinski definition) is 6. The minimum absolute atomic E-state index is 0.0732. The molecule has 3 rings (SSSR count). The molecule has 43 heavy (non-hydrogen) atoms. The number of nitrogens with one attached hydrogen (secondary N) is 3. The van der Waals surface area contributed by atoms with Crippen molar-refractivity contribution in [2.75, 3.05) is 46.3 Å². The molecule has 0 bridgehead atoms. The molecule has 0 aliphatic heterocycles. The predicted molar refractivity (Wildman–Crippen MR) is 170 cm³/mol. The van der Waals surface area contributed by atoms with Crippen molar-refractivity contribution in [2.45, 2.75) is 39.2 Å². The van der Waals surface area contributed by atoms with Gasteiger partial charge in [-0.25, -0.2) is 0 Å². The Balaban J connectivity index is 1.60. The number of aromatic amines is 1. The van der Waals surface area contributed by atoms with Crippen LogP contribution < -0.4 is 16.4 Å². The van der Waals surface area contributed by atoms with Gasteiger partial charge >= 0.3 is 0 Å². The summed E-state index contributed by atoms with van der Waals surface area (Å²) < 4.78 is 0. The average Bonchev–Trinajstić information content (AvgIpc) is 3.44. The van der Waals surface area contributed by atoms with E-state index in [4.69, 9.17) is 5.73 Å². The highest BCUT2D eigenvalue weighted by atomic mass is 16.2. The zero-order valence-corrected chi connectivity index (χ0v) is 25.4. The van der Waals surface area contributed by atoms with E-state index in [-0.39, 0.29) is 31.4 Å². The number of H-pyrrole nitrogens is 1. The maximum Gasteiger partial charge on any atom is 0.242 e. The summed E-state index contributed by atoms with van der Waals surface area (Å²) in [6.45, 7) is 4.44. The number of aldehydes is 1. The third-order valence-corrected chi connectivity index (χ3v) is 7.60. The first kappa shape index (κ1) is 33.2. The minimum Gasteiger partial charge on any atom is -0.361 e. The van der Waals surface area contributed by atoms with Crippen LogP contribution in [0, 0.1) is 6.92 Å². The molecular formula is C33H44N6O4. The number of para-hydroxylation sites is 1. The molecular weight excluding hydrogens is 544 g/mol. The smallest absolute Gasteiger partial charge is 0.242 e. The van der Waals surface area contributed by atoms with E-state index >= 15 is 0 Å². The lowest BCUT2D eigenvalue weighted by Crippen LogP contribution is -2.50. The number of nitrogens with zero attached hydrogens (tertiary/aromatic N) is 2. The van der Waals surface area contributed by atoms with E-state index in [9.17, 15) is 19.2 Å². The zero-order valence-electron chi connectivity index (χ0n) is 25.4. The number of aryl methyl sites for hydroxylation is 1. The van der Waals surface area contributed by atoms with Gasteiger partial charge in [0.1, 0.15) is 6.29 Å². The largest absolute Gasteiger partial charge is 0.361 e. The number of allylic oxidation sites excluding steroid dienone is 1. The average molecular weight is 589 g/mol. The fourth-order valence-corrected chi connectivity index (χ4v) is 5.14. The Morgan fingerprint density at radius 3 is 2.49 bits per heavy atom. The van der Waals surface area contributed by atoms with Crippen LogP contribution in [0.4, 0.5) is 0 Å². The molecule has 10 heteroatoms. The van der Waals surface area contributed by atoms with Gasteiger partial charge in [0.15, 0.2) is 0 Å². The highest BCUT2D eigenvalue weighted by molar-refractivity contribution is 5.91. The van der Waals surface area contributed by atoms with Crippen LogP contribution in [0.5, 0.6) is 0 Å². The van der Waals surface area contributed by atoms with Gasteiger partial charge in [-0.1, -0.05) is 48.5 Å². The molecule has 0 fully saturated rings. The lowest BCUT2D eigenvalue weighted by molar-refractivity contribution is -0.138. The van der Waals surface area contributed by atoms with Crippen LogP contribution >= 0.6 is 0 Å². The van der Waals surface area contributed by atoms with E-state index in [2.05, 4.69) is 15.6 Å². The second-order valence-corrected chi connectivity index (χ2v) is 10.5. The van der Waals surface area contributed by atoms with E-state index in [0.717, 1.165) is 33.2 Å². The molecule has 1 unspecified atom stereocenters. The van der Waals surface area contributed by atoms with Crippen LogP contribution in [0.3, 0.4) is 0 Å². The van der Waals surface area contributed by atoms with Gasteiger partial charge in [-0.3, -0.25) is 14.4 Å². The molecule has 0 aliphatic carbocycles. The van der Waals surface area contributed by atoms with Crippen LogP contribution in [0.2, 0.25) is 0 Å². The molecule has 5 N–H and O–H groups in total. The second kappa shape index (κ2) is 17.0. The van der Waals surface area contributed by atoms with Gasteiger partial charge in [0, 0.05) is 30.2 Å². The van der Waals surface area contributed by atoms with Gasteiger partial charge in [-0.05, 0) is 75.0 Å². The number of rotatable bonds is 17. The van der Waals surface area contributed by atoms with E-state index in [1.54, 1.807) is 7.05 Å². The molecule has 1 aromatic heterocycles. The summed E-state index contributed by atoms with van der Waals surface area (Å²) in [4.78, 5) is 56.9. The molecule has 230 valence electrons. The number of carbonyl (C=O) groups is 4. The van der Waals surface area contributed by atoms with E-state index in [1.807, 2.05) is 74.7 Å². The minimum atomic E-state index is -0.550. The Hall–Kier alpha value is -4.28. The number of amides is 3. The Morgan fingerprint density at radius 1 is 1.05 bits per heavy atom. The van der Waals surface area contributed by atoms with Crippen LogP contribution in [0.25, 0.3) is 16.5 Å². The molecule has 1 heterocycles. The number of aromatic nitrogens is 1. The summed E-state index contributed by atoms with van der Waals surface area (Å²) in [5, 5.41) is 6.82. The van der Waals surface area contributed by atoms with Gasteiger partial charge in [0.2, 0.25) is 17.7 Å². The zero-order chi connectivity index (χ0) is 31.2. The highest BCUT2D eigenvalue weighted by Gasteiger charge is 2.26. The van der Waals surface area contributed by atoms with Crippen molar-refractivity contribution in [1.29, 1.82) is 0 Å². The van der Waals surface area contributed by atoms with Gasteiger partial charge in [0.25, 0.3) is 0 Å². The van der Waals surface area contributed by atoms with E-state index < -0.39 is 11.9 Å². The van der Waals surface area contributed by atoms with Gasteiger partial charge in [-0.2, -0.15) is 0 Å². The van der Waals surface area contributed by atoms with Crippen LogP contribution in [-0.2, 0) is 25.6 Å². The van der Waals surface area contributed by atoms with Crippen molar-refractivity contribution in [3.63, 3.8) is 0 Å². The van der Waals surface area contributed by atoms with Crippen molar-refractivity contribution < 1.29 is 19.2 Å². The van der Waals surface area contributed by atoms with Crippen molar-refractivity contribution in [1.82, 2.24) is 25.4 Å². The van der Waals surface area contributed by atoms with Crippen LogP contribution in [0.15, 0.2) is 60.8 Å². The number of likely N-dealkylation sites (N-methyl/N-ethyl adjacent to an activating group) is 1. The third kappa shape index (κ3) is 9.36. The quantitative estimate of drug-likeness (QED) is 0.179. The monoisotopic (exact) mass is 588 g/mol. The number of fused-ring (bicyclic) bond motifs is 1. The van der Waals surface area contributed by atoms with E-state index in [1.165, 1.54) is 9.80 Å². The summed E-state index contributed by atoms with van der Waals surface area (Å²) in [7, 11) is 1.73. The van der Waals surface area contributed by atoms with Crippen molar-refractivity contribution in [3.05, 3.63) is 77.5 Å². The van der Waals surface area contributed by atoms with Crippen molar-refractivity contribution in [3.8, 4) is 0 Å². The Labute approximate surface area is 253 Å². The molecule has 0 aliphatic rings. The van der Waals surface area contributed by atoms with Crippen molar-refractivity contribution >= 4 is 40.5 Å². The Morgan fingerprint density at radius 2 is 1.79 bits per heavy atom. The Bertz CT molecular complexity index is 1420. The Kier molecular flexibility index (Phi) is 13.1. The molecule has 10 nitrogen and oxygen atoms in total. The number of hydrogen-bond donors (Lipinski definition) is 4. The molecule has 0 spiro atoms. The number of nitrogens with two attached hydrogens (primary N) is 1. The number of benzene rings is 2. The van der Waals surface area contributed by atoms with Gasteiger partial charge in [-0.15, -0.1) is 0 Å². The first-order chi connectivity index (χ1) is 20.8. The lowest BCUT2D eigenvalue weighted by Gasteiger charge is -2.28. The van der Waals surface area contributed by atoms with Gasteiger partial charge < -0.3 is 35.9 Å². The summed E-state index contributed by atoms with van der Waals surface area (Å²) >= 11 is 0. The summed E-state index contributed by atoms with van der Waals surface area (Å²) in [5.74, 6) is -1.04. The first-order valence-electron chi connectivity index (χ1n) is 14.7. The molecule has 0 saturated heterocycles. The molecule has 0 radical (unpaired) electrons. The van der Waals surface area contributed by atoms with Crippen LogP contribution in [0.1, 0.15) is 36.5 Å². The molecule has 2 aromatic carbocycles. The molecule has 3 aromatic rings. The predicted octanol–water partition coefficient (Wildman–Crippen LogP) is 2.42. The topological polar surface area (TPSA) is 141 Å². The number of carbonyl (C=O) groups excluding carboxylic acids is 4.